The van der Waals surface area contributed by atoms with E-state index in [1.807, 2.05) is 0 Å². The first-order chi connectivity index (χ1) is 14.9. The molecule has 0 aromatic rings. The normalized spacial score (nSPS) is 26.5. The van der Waals surface area contributed by atoms with E-state index in [1.165, 1.54) is 0 Å². The molecule has 1 rings (SSSR count). The van der Waals surface area contributed by atoms with Crippen molar-refractivity contribution in [2.24, 2.45) is 0 Å². The average Bonchev–Trinajstić information content (AvgIpc) is 2.92. The monoisotopic (exact) mass is 540 g/mol. The smallest absolute Gasteiger partial charge is 0.460 e. The zero-order valence-electron chi connectivity index (χ0n) is 15.7. The molecule has 0 spiro atoms. The van der Waals surface area contributed by atoms with Gasteiger partial charge < -0.3 is 29.9 Å². The second kappa shape index (κ2) is 9.10. The number of carbonyl (C=O) groups excluding carboxylic acids is 1. The van der Waals surface area contributed by atoms with E-state index in [0.29, 0.717) is 0 Å². The van der Waals surface area contributed by atoms with Gasteiger partial charge in [0.25, 0.3) is 0 Å². The molecule has 1 saturated heterocycles. The van der Waals surface area contributed by atoms with Crippen LogP contribution in [0.25, 0.3) is 0 Å². The predicted octanol–water partition coefficient (Wildman–Crippen LogP) is 1.46. The molecule has 0 aromatic heterocycles. The summed E-state index contributed by atoms with van der Waals surface area (Å²) in [6.07, 6.45) is -21.8. The van der Waals surface area contributed by atoms with Crippen LogP contribution in [0.2, 0.25) is 0 Å². The van der Waals surface area contributed by atoms with Crippen molar-refractivity contribution in [2.75, 3.05) is 6.61 Å². The van der Waals surface area contributed by atoms with Crippen molar-refractivity contribution in [3.05, 3.63) is 0 Å². The van der Waals surface area contributed by atoms with Crippen LogP contribution in [0.15, 0.2) is 0 Å². The van der Waals surface area contributed by atoms with Crippen LogP contribution in [-0.4, -0.2) is 99.5 Å². The molecule has 0 radical (unpaired) electrons. The van der Waals surface area contributed by atoms with Crippen molar-refractivity contribution < 1.29 is 91.8 Å². The Bertz CT molecular complexity index is 742. The van der Waals surface area contributed by atoms with Gasteiger partial charge in [0.2, 0.25) is 0 Å². The lowest BCUT2D eigenvalue weighted by Gasteiger charge is -2.39. The van der Waals surface area contributed by atoms with E-state index in [9.17, 15) is 72.1 Å². The van der Waals surface area contributed by atoms with Gasteiger partial charge in [-0.15, -0.1) is 0 Å². The SMILES string of the molecule is O=C(OCCC(F)(F)C(F)(F)C(F)(F)C(F)(F)C(F)(F)C(F)(F)F)[C@@H](O)[C@H]1O[C@@H](O)[C@H](O)[C@H]1O. The molecule has 1 aliphatic heterocycles. The van der Waals surface area contributed by atoms with Crippen molar-refractivity contribution in [1.82, 2.24) is 0 Å². The number of aliphatic hydroxyl groups is 4. The van der Waals surface area contributed by atoms with Gasteiger partial charge in [-0.25, -0.2) is 4.79 Å². The number of hydrogen-bond acceptors (Lipinski definition) is 7. The zero-order chi connectivity index (χ0) is 27.3. The molecule has 0 aromatic carbocycles. The first-order valence-corrected chi connectivity index (χ1v) is 8.38. The maximum absolute atomic E-state index is 13.6. The van der Waals surface area contributed by atoms with E-state index in [4.69, 9.17) is 10.2 Å². The number of aliphatic hydroxyl groups excluding tert-OH is 4. The lowest BCUT2D eigenvalue weighted by atomic mass is 9.93. The molecule has 0 aliphatic carbocycles. The van der Waals surface area contributed by atoms with E-state index < -0.39 is 85.5 Å². The van der Waals surface area contributed by atoms with Gasteiger partial charge in [0.05, 0.1) is 13.0 Å². The fraction of sp³-hybridized carbons (Fsp3) is 0.929. The van der Waals surface area contributed by atoms with Gasteiger partial charge in [-0.1, -0.05) is 0 Å². The van der Waals surface area contributed by atoms with Gasteiger partial charge in [0, 0.05) is 0 Å². The van der Waals surface area contributed by atoms with Crippen LogP contribution in [0.5, 0.6) is 0 Å². The van der Waals surface area contributed by atoms with Crippen molar-refractivity contribution in [3.63, 3.8) is 0 Å². The summed E-state index contributed by atoms with van der Waals surface area (Å²) < 4.78 is 176. The summed E-state index contributed by atoms with van der Waals surface area (Å²) in [6.45, 7) is -2.14. The van der Waals surface area contributed by atoms with Crippen LogP contribution in [0.1, 0.15) is 6.42 Å². The highest BCUT2D eigenvalue weighted by Gasteiger charge is 2.90. The lowest BCUT2D eigenvalue weighted by molar-refractivity contribution is -0.440. The van der Waals surface area contributed by atoms with E-state index in [-0.39, 0.29) is 0 Å². The highest BCUT2D eigenvalue weighted by Crippen LogP contribution is 2.60. The van der Waals surface area contributed by atoms with Crippen LogP contribution < -0.4 is 0 Å². The molecule has 34 heavy (non-hydrogen) atoms. The number of alkyl halides is 13. The lowest BCUT2D eigenvalue weighted by Crippen LogP contribution is -2.70. The van der Waals surface area contributed by atoms with Crippen LogP contribution in [0, 0.1) is 0 Å². The number of halogens is 13. The van der Waals surface area contributed by atoms with Crippen LogP contribution in [0.3, 0.4) is 0 Å². The minimum Gasteiger partial charge on any atom is -0.463 e. The molecule has 0 bridgehead atoms. The fourth-order valence-electron chi connectivity index (χ4n) is 2.40. The molecule has 1 fully saturated rings. The number of rotatable bonds is 9. The van der Waals surface area contributed by atoms with Crippen LogP contribution in [0.4, 0.5) is 57.1 Å². The molecule has 7 nitrogen and oxygen atoms in total. The first-order valence-electron chi connectivity index (χ1n) is 8.38. The third-order valence-electron chi connectivity index (χ3n) is 4.49. The van der Waals surface area contributed by atoms with E-state index in [1.54, 1.807) is 0 Å². The summed E-state index contributed by atoms with van der Waals surface area (Å²) in [4.78, 5) is 11.5. The predicted molar refractivity (Wildman–Crippen MR) is 75.3 cm³/mol. The third kappa shape index (κ3) is 4.73. The summed E-state index contributed by atoms with van der Waals surface area (Å²) in [5.41, 5.74) is 0. The van der Waals surface area contributed by atoms with Crippen molar-refractivity contribution in [2.45, 2.75) is 72.9 Å². The maximum atomic E-state index is 13.6. The number of ether oxygens (including phenoxy) is 2. The summed E-state index contributed by atoms with van der Waals surface area (Å²) in [6, 6.07) is 0. The minimum absolute atomic E-state index is 2.10. The molecule has 0 amide bonds. The second-order valence-electron chi connectivity index (χ2n) is 6.83. The van der Waals surface area contributed by atoms with Crippen LogP contribution >= 0.6 is 0 Å². The Morgan fingerprint density at radius 2 is 1.21 bits per heavy atom. The molecule has 0 saturated carbocycles. The largest absolute Gasteiger partial charge is 0.463 e. The van der Waals surface area contributed by atoms with Crippen LogP contribution in [-0.2, 0) is 14.3 Å². The van der Waals surface area contributed by atoms with Crippen molar-refractivity contribution in [3.8, 4) is 0 Å². The summed E-state index contributed by atoms with van der Waals surface area (Å²) in [5, 5.41) is 37.1. The van der Waals surface area contributed by atoms with Crippen molar-refractivity contribution >= 4 is 5.97 Å². The van der Waals surface area contributed by atoms with Gasteiger partial charge in [-0.3, -0.25) is 0 Å². The summed E-state index contributed by atoms with van der Waals surface area (Å²) in [7, 11) is 0. The summed E-state index contributed by atoms with van der Waals surface area (Å²) >= 11 is 0. The van der Waals surface area contributed by atoms with Gasteiger partial charge >= 0.3 is 41.8 Å². The Balaban J connectivity index is 2.97. The number of esters is 1. The Labute approximate surface area is 178 Å². The van der Waals surface area contributed by atoms with Gasteiger partial charge in [0.15, 0.2) is 12.4 Å². The molecule has 202 valence electrons. The molecule has 0 unspecified atom stereocenters. The quantitative estimate of drug-likeness (QED) is 0.259. The number of carbonyl (C=O) groups is 1. The molecule has 1 heterocycles. The maximum Gasteiger partial charge on any atom is 0.460 e. The molecular formula is C14H13F13O7. The Morgan fingerprint density at radius 3 is 1.59 bits per heavy atom. The fourth-order valence-corrected chi connectivity index (χ4v) is 2.40. The first kappa shape index (κ1) is 30.4. The van der Waals surface area contributed by atoms with Gasteiger partial charge in [-0.2, -0.15) is 57.1 Å². The molecule has 4 N–H and O–H groups in total. The van der Waals surface area contributed by atoms with E-state index in [2.05, 4.69) is 9.47 Å². The van der Waals surface area contributed by atoms with E-state index >= 15 is 0 Å². The third-order valence-corrected chi connectivity index (χ3v) is 4.49. The molecular weight excluding hydrogens is 527 g/mol. The topological polar surface area (TPSA) is 116 Å². The Morgan fingerprint density at radius 1 is 0.765 bits per heavy atom. The average molecular weight is 540 g/mol. The summed E-state index contributed by atoms with van der Waals surface area (Å²) in [5.74, 6) is -40.2. The standard InChI is InChI=1S/C14H13F13O7/c15-9(16,1-2-33-7(31)5(30)6-3(28)4(29)8(32)34-6)10(17,18)11(19,20)12(21,22)13(23,24)14(25,26)27/h3-6,8,28-30,32H,1-2H2/t3-,4-,5+,6+,8-/m1/s1. The zero-order valence-corrected chi connectivity index (χ0v) is 15.7. The highest BCUT2D eigenvalue weighted by molar-refractivity contribution is 5.75. The molecule has 5 atom stereocenters. The molecule has 20 heteroatoms. The molecule has 1 aliphatic rings. The van der Waals surface area contributed by atoms with Gasteiger partial charge in [0.1, 0.15) is 18.3 Å². The minimum atomic E-state index is -8.07. The highest BCUT2D eigenvalue weighted by atomic mass is 19.4. The van der Waals surface area contributed by atoms with E-state index in [0.717, 1.165) is 0 Å². The number of hydrogen-bond donors (Lipinski definition) is 4. The Kier molecular flexibility index (Phi) is 8.13. The van der Waals surface area contributed by atoms with Crippen molar-refractivity contribution in [1.29, 1.82) is 0 Å². The second-order valence-corrected chi connectivity index (χ2v) is 6.83. The Hall–Kier alpha value is -1.64. The van der Waals surface area contributed by atoms with Gasteiger partial charge in [-0.05, 0) is 0 Å².